The Labute approximate surface area is 477 Å². The van der Waals surface area contributed by atoms with Gasteiger partial charge in [0.1, 0.15) is 44.0 Å². The Kier molecular flexibility index (Phi) is 24.5. The lowest BCUT2D eigenvalue weighted by molar-refractivity contribution is -0.162. The van der Waals surface area contributed by atoms with Crippen LogP contribution >= 0.6 is 0 Å². The van der Waals surface area contributed by atoms with E-state index in [4.69, 9.17) is 23.4 Å². The highest BCUT2D eigenvalue weighted by atomic mass is 28.4. The first kappa shape index (κ1) is 65.9. The minimum absolute atomic E-state index is 0.0194. The third-order valence-electron chi connectivity index (χ3n) is 16.2. The molecule has 0 unspecified atom stereocenters. The lowest BCUT2D eigenvalue weighted by Crippen LogP contribution is -2.56. The molecule has 3 aromatic rings. The highest BCUT2D eigenvalue weighted by Crippen LogP contribution is 2.45. The first-order chi connectivity index (χ1) is 37.6. The third kappa shape index (κ3) is 17.2. The van der Waals surface area contributed by atoms with Gasteiger partial charge in [-0.05, 0) is 85.5 Å². The first-order valence-electron chi connectivity index (χ1n) is 28.1. The number of nitrogens with zero attached hydrogens (tertiary/aromatic N) is 3. The maximum absolute atomic E-state index is 14.2. The van der Waals surface area contributed by atoms with Crippen molar-refractivity contribution in [3.63, 3.8) is 0 Å². The van der Waals surface area contributed by atoms with E-state index in [1.807, 2.05) is 94.4 Å². The van der Waals surface area contributed by atoms with E-state index in [0.717, 1.165) is 27.8 Å². The van der Waals surface area contributed by atoms with Crippen molar-refractivity contribution in [2.45, 2.75) is 162 Å². The van der Waals surface area contributed by atoms with Gasteiger partial charge in [0.2, 0.25) is 11.8 Å². The Balaban J connectivity index is 1.50. The zero-order valence-electron chi connectivity index (χ0n) is 50.3. The molecule has 0 heterocycles. The Hall–Kier alpha value is -6.59. The van der Waals surface area contributed by atoms with E-state index in [-0.39, 0.29) is 55.0 Å². The molecule has 4 amide bonds. The second-order valence-electron chi connectivity index (χ2n) is 23.0. The molecule has 0 aromatic heterocycles. The lowest BCUT2D eigenvalue weighted by Gasteiger charge is -2.43. The summed E-state index contributed by atoms with van der Waals surface area (Å²) in [6.45, 7) is 28.3. The summed E-state index contributed by atoms with van der Waals surface area (Å²) in [4.78, 5) is 100. The molecule has 438 valence electrons. The molecule has 4 rings (SSSR count). The van der Waals surface area contributed by atoms with E-state index in [2.05, 4.69) is 57.9 Å². The molecule has 9 atom stereocenters. The zero-order chi connectivity index (χ0) is 59.8. The Morgan fingerprint density at radius 2 is 1.31 bits per heavy atom. The van der Waals surface area contributed by atoms with Crippen molar-refractivity contribution in [1.82, 2.24) is 20.0 Å². The number of likely N-dealkylation sites (N-methyl/N-ethyl adjacent to an activating group) is 3. The van der Waals surface area contributed by atoms with E-state index < -0.39 is 98.3 Å². The number of amides is 4. The summed E-state index contributed by atoms with van der Waals surface area (Å²) in [7, 11) is 1.94. The minimum Gasteiger partial charge on any atom is -0.460 e. The van der Waals surface area contributed by atoms with Gasteiger partial charge in [-0.2, -0.15) is 0 Å². The van der Waals surface area contributed by atoms with Crippen LogP contribution < -0.4 is 5.32 Å². The summed E-state index contributed by atoms with van der Waals surface area (Å²) in [5.41, 5.74) is 5.37. The van der Waals surface area contributed by atoms with E-state index in [1.54, 1.807) is 26.8 Å². The topological polar surface area (TPSA) is 187 Å². The van der Waals surface area contributed by atoms with E-state index in [0.29, 0.717) is 12.8 Å². The zero-order valence-corrected chi connectivity index (χ0v) is 51.3. The van der Waals surface area contributed by atoms with Gasteiger partial charge in [-0.1, -0.05) is 159 Å². The van der Waals surface area contributed by atoms with Crippen LogP contribution in [0.5, 0.6) is 0 Å². The van der Waals surface area contributed by atoms with Crippen LogP contribution in [0.2, 0.25) is 18.1 Å². The monoisotopic (exact) mass is 1120 g/mol. The number of rotatable bonds is 28. The smallest absolute Gasteiger partial charge is 0.410 e. The van der Waals surface area contributed by atoms with Crippen molar-refractivity contribution in [2.75, 3.05) is 40.9 Å². The summed E-state index contributed by atoms with van der Waals surface area (Å²) < 4.78 is 30.5. The third-order valence-corrected chi connectivity index (χ3v) is 20.7. The molecule has 1 aliphatic carbocycles. The van der Waals surface area contributed by atoms with Crippen LogP contribution in [0.4, 0.5) is 4.79 Å². The van der Waals surface area contributed by atoms with Gasteiger partial charge >= 0.3 is 24.0 Å². The molecule has 0 aliphatic heterocycles. The number of carbonyl (C=O) groups is 7. The molecular weight excluding hydrogens is 1030 g/mol. The standard InChI is InChI=1S/C63H90N4O12Si/c1-18-36-75-54(68)38-65(13)59(71)52(37-46-28-22-21-23-29-46)67(15)58(70)44(8)64-57(69)56(41(5)20-3)78-60(72)42(6)34-35-53(79-80(16,17)63(10,11)12)43(7)55(40(4)19-2)77-61(73)45(9)66(14)62(74)76-39-51-49-32-26-24-30-47(49)48-31-25-27-33-50(48)51/h18,21-34,40-41,43-45,51-53,55-56H,1,19-20,35-39H2,2-17H3,(H,64,69)/b42-34+/t40-,41-,43-,44-,45+,52+,53-,55+,56+/m0/s1. The van der Waals surface area contributed by atoms with Gasteiger partial charge in [0.15, 0.2) is 14.4 Å². The largest absolute Gasteiger partial charge is 0.460 e. The second-order valence-corrected chi connectivity index (χ2v) is 27.8. The van der Waals surface area contributed by atoms with Crippen molar-refractivity contribution in [3.8, 4) is 11.1 Å². The second kappa shape index (κ2) is 29.7. The van der Waals surface area contributed by atoms with E-state index in [9.17, 15) is 33.6 Å². The van der Waals surface area contributed by atoms with Gasteiger partial charge in [-0.15, -0.1) is 0 Å². The van der Waals surface area contributed by atoms with Crippen molar-refractivity contribution in [1.29, 1.82) is 0 Å². The molecule has 0 radical (unpaired) electrons. The van der Waals surface area contributed by atoms with Crippen molar-refractivity contribution >= 4 is 50.0 Å². The molecule has 16 nitrogen and oxygen atoms in total. The number of nitrogens with one attached hydrogen (secondary N) is 1. The summed E-state index contributed by atoms with van der Waals surface area (Å²) >= 11 is 0. The first-order valence-corrected chi connectivity index (χ1v) is 31.0. The fraction of sp³-hybridized carbons (Fsp3) is 0.540. The molecule has 1 aliphatic rings. The van der Waals surface area contributed by atoms with Crippen LogP contribution in [0.15, 0.2) is 103 Å². The van der Waals surface area contributed by atoms with Crippen molar-refractivity contribution < 1.29 is 56.9 Å². The van der Waals surface area contributed by atoms with Crippen LogP contribution in [-0.2, 0) is 58.6 Å². The number of hydrogen-bond donors (Lipinski definition) is 1. The average molecular weight is 1120 g/mol. The molecular formula is C63H90N4O12Si. The van der Waals surface area contributed by atoms with Crippen LogP contribution in [0.3, 0.4) is 0 Å². The molecule has 1 N–H and O–H groups in total. The van der Waals surface area contributed by atoms with Crippen LogP contribution in [-0.4, -0.2) is 142 Å². The Morgan fingerprint density at radius 1 is 0.750 bits per heavy atom. The van der Waals surface area contributed by atoms with Gasteiger partial charge in [0.05, 0.1) is 6.10 Å². The van der Waals surface area contributed by atoms with E-state index in [1.165, 1.54) is 48.8 Å². The van der Waals surface area contributed by atoms with Gasteiger partial charge in [-0.25, -0.2) is 14.4 Å². The molecule has 0 fully saturated rings. The summed E-state index contributed by atoms with van der Waals surface area (Å²) in [6.07, 6.45) is 1.51. The van der Waals surface area contributed by atoms with Crippen LogP contribution in [0.25, 0.3) is 11.1 Å². The molecule has 0 spiro atoms. The number of ether oxygens (including phenoxy) is 4. The van der Waals surface area contributed by atoms with Gasteiger partial charge in [0, 0.05) is 50.9 Å². The summed E-state index contributed by atoms with van der Waals surface area (Å²) in [5, 5.41) is 2.53. The number of fused-ring (bicyclic) bond motifs is 3. The molecule has 0 bridgehead atoms. The van der Waals surface area contributed by atoms with Gasteiger partial charge in [-0.3, -0.25) is 24.1 Å². The number of benzene rings is 3. The lowest BCUT2D eigenvalue weighted by atomic mass is 9.86. The Morgan fingerprint density at radius 3 is 1.86 bits per heavy atom. The Bertz CT molecular complexity index is 2610. The van der Waals surface area contributed by atoms with Crippen molar-refractivity contribution in [2.24, 2.45) is 17.8 Å². The SMILES string of the molecule is C=CCOC(=O)CN(C)C(=O)[C@@H](Cc1ccccc1)N(C)C(=O)[C@H](C)NC(=O)[C@H](OC(=O)/C(C)=C/C[C@H](O[Si](C)(C)C(C)(C)C)[C@H](C)[C@H](OC(=O)[C@@H](C)N(C)C(=O)OCC1c2ccccc2-c2ccccc21)[C@@H](C)CC)[C@@H](C)CC. The van der Waals surface area contributed by atoms with E-state index >= 15 is 0 Å². The predicted octanol–water partition coefficient (Wildman–Crippen LogP) is 10.3. The van der Waals surface area contributed by atoms with Crippen LogP contribution in [0.1, 0.15) is 118 Å². The highest BCUT2D eigenvalue weighted by Gasteiger charge is 2.43. The fourth-order valence-electron chi connectivity index (χ4n) is 9.35. The van der Waals surface area contributed by atoms with Crippen LogP contribution in [0, 0.1) is 17.8 Å². The molecule has 0 saturated carbocycles. The highest BCUT2D eigenvalue weighted by molar-refractivity contribution is 6.74. The molecule has 80 heavy (non-hydrogen) atoms. The normalized spacial score (nSPS) is 15.9. The minimum atomic E-state index is -2.51. The summed E-state index contributed by atoms with van der Waals surface area (Å²) in [6, 6.07) is 22.1. The maximum Gasteiger partial charge on any atom is 0.410 e. The fourth-order valence-corrected chi connectivity index (χ4v) is 10.8. The number of carbonyl (C=O) groups excluding carboxylic acids is 7. The quantitative estimate of drug-likeness (QED) is 0.0239. The number of hydrogen-bond acceptors (Lipinski definition) is 12. The average Bonchev–Trinajstić information content (AvgIpc) is 3.96. The predicted molar refractivity (Wildman–Crippen MR) is 314 cm³/mol. The van der Waals surface area contributed by atoms with Crippen molar-refractivity contribution in [3.05, 3.63) is 120 Å². The van der Waals surface area contributed by atoms with Gasteiger partial charge in [0.25, 0.3) is 5.91 Å². The molecule has 0 saturated heterocycles. The molecule has 17 heteroatoms. The number of esters is 3. The van der Waals surface area contributed by atoms with Gasteiger partial charge < -0.3 is 38.5 Å². The summed E-state index contributed by atoms with van der Waals surface area (Å²) in [5.74, 6) is -4.88. The molecule has 3 aromatic carbocycles. The maximum atomic E-state index is 14.2.